The van der Waals surface area contributed by atoms with Gasteiger partial charge < -0.3 is 9.84 Å². The summed E-state index contributed by atoms with van der Waals surface area (Å²) in [5.74, 6) is 1.11. The lowest BCUT2D eigenvalue weighted by Gasteiger charge is -2.30. The van der Waals surface area contributed by atoms with E-state index < -0.39 is 0 Å². The topological polar surface area (TPSA) is 51.0 Å². The minimum atomic E-state index is -0.233. The van der Waals surface area contributed by atoms with Crippen LogP contribution in [0.2, 0.25) is 0 Å². The molecule has 1 N–H and O–H groups in total. The van der Waals surface area contributed by atoms with Gasteiger partial charge in [0, 0.05) is 13.0 Å². The summed E-state index contributed by atoms with van der Waals surface area (Å²) >= 11 is 0. The molecule has 1 aliphatic heterocycles. The van der Waals surface area contributed by atoms with Gasteiger partial charge in [0.05, 0.1) is 5.41 Å². The lowest BCUT2D eigenvalue weighted by molar-refractivity contribution is 0.245. The Balaban J connectivity index is 1.74. The molecule has 20 heavy (non-hydrogen) atoms. The molecule has 1 fully saturated rings. The summed E-state index contributed by atoms with van der Waals surface area (Å²) in [5, 5.41) is 7.42. The van der Waals surface area contributed by atoms with Crippen molar-refractivity contribution in [2.45, 2.75) is 31.6 Å². The molecule has 106 valence electrons. The molecular weight excluding hydrogens is 257 g/mol. The van der Waals surface area contributed by atoms with Gasteiger partial charge in [0.1, 0.15) is 5.82 Å². The summed E-state index contributed by atoms with van der Waals surface area (Å²) in [4.78, 5) is 4.51. The smallest absolute Gasteiger partial charge is 0.233 e. The Bertz CT molecular complexity index is 573. The van der Waals surface area contributed by atoms with Crippen LogP contribution in [0, 0.1) is 5.82 Å². The van der Waals surface area contributed by atoms with Crippen molar-refractivity contribution < 1.29 is 8.91 Å². The fourth-order valence-corrected chi connectivity index (χ4v) is 2.59. The van der Waals surface area contributed by atoms with Crippen LogP contribution in [0.1, 0.15) is 37.0 Å². The van der Waals surface area contributed by atoms with Gasteiger partial charge in [0.25, 0.3) is 0 Å². The van der Waals surface area contributed by atoms with E-state index in [2.05, 4.69) is 22.4 Å². The van der Waals surface area contributed by atoms with Crippen molar-refractivity contribution in [3.8, 4) is 0 Å². The summed E-state index contributed by atoms with van der Waals surface area (Å²) < 4.78 is 18.3. The molecule has 0 saturated carbocycles. The van der Waals surface area contributed by atoms with E-state index in [1.54, 1.807) is 12.1 Å². The Morgan fingerprint density at radius 3 is 2.85 bits per heavy atom. The predicted octanol–water partition coefficient (Wildman–Crippen LogP) is 2.44. The molecule has 1 unspecified atom stereocenters. The Morgan fingerprint density at radius 2 is 2.15 bits per heavy atom. The molecule has 2 aromatic rings. The average Bonchev–Trinajstić information content (AvgIpc) is 2.92. The first kappa shape index (κ1) is 13.2. The van der Waals surface area contributed by atoms with Gasteiger partial charge in [-0.2, -0.15) is 4.98 Å². The third-order valence-corrected chi connectivity index (χ3v) is 3.86. The van der Waals surface area contributed by atoms with Crippen LogP contribution in [-0.4, -0.2) is 23.2 Å². The van der Waals surface area contributed by atoms with Crippen LogP contribution in [-0.2, 0) is 11.8 Å². The van der Waals surface area contributed by atoms with Crippen molar-refractivity contribution in [1.29, 1.82) is 0 Å². The van der Waals surface area contributed by atoms with E-state index >= 15 is 0 Å². The van der Waals surface area contributed by atoms with E-state index in [4.69, 9.17) is 4.52 Å². The summed E-state index contributed by atoms with van der Waals surface area (Å²) in [6.07, 6.45) is 2.73. The van der Waals surface area contributed by atoms with E-state index in [9.17, 15) is 4.39 Å². The van der Waals surface area contributed by atoms with Gasteiger partial charge in [0.15, 0.2) is 5.82 Å². The first-order valence-electron chi connectivity index (χ1n) is 6.94. The number of hydrogen-bond acceptors (Lipinski definition) is 4. The highest BCUT2D eigenvalue weighted by molar-refractivity contribution is 5.20. The molecule has 0 bridgehead atoms. The Kier molecular flexibility index (Phi) is 3.53. The van der Waals surface area contributed by atoms with Crippen LogP contribution in [0.15, 0.2) is 28.8 Å². The second-order valence-corrected chi connectivity index (χ2v) is 5.66. The lowest BCUT2D eigenvalue weighted by atomic mass is 9.83. The molecule has 5 heteroatoms. The second-order valence-electron chi connectivity index (χ2n) is 5.66. The van der Waals surface area contributed by atoms with Crippen molar-refractivity contribution in [1.82, 2.24) is 15.5 Å². The van der Waals surface area contributed by atoms with Crippen LogP contribution in [0.4, 0.5) is 4.39 Å². The lowest BCUT2D eigenvalue weighted by Crippen LogP contribution is -2.41. The SMILES string of the molecule is CC1(c2nc(Cc3ccc(F)cc3)no2)CCCNC1. The van der Waals surface area contributed by atoms with Crippen molar-refractivity contribution in [3.05, 3.63) is 47.4 Å². The molecule has 3 rings (SSSR count). The van der Waals surface area contributed by atoms with Crippen molar-refractivity contribution in [2.75, 3.05) is 13.1 Å². The van der Waals surface area contributed by atoms with Crippen LogP contribution < -0.4 is 5.32 Å². The molecule has 1 aromatic heterocycles. The maximum absolute atomic E-state index is 12.9. The molecule has 0 amide bonds. The molecule has 4 nitrogen and oxygen atoms in total. The van der Waals surface area contributed by atoms with Gasteiger partial charge >= 0.3 is 0 Å². The molecule has 0 radical (unpaired) electrons. The number of nitrogens with zero attached hydrogens (tertiary/aromatic N) is 2. The van der Waals surface area contributed by atoms with E-state index in [1.165, 1.54) is 12.1 Å². The summed E-state index contributed by atoms with van der Waals surface area (Å²) in [5.41, 5.74) is 0.900. The van der Waals surface area contributed by atoms with E-state index in [0.29, 0.717) is 18.1 Å². The summed E-state index contributed by atoms with van der Waals surface area (Å²) in [6, 6.07) is 6.38. The molecule has 1 atom stereocenters. The normalized spacial score (nSPS) is 22.9. The molecule has 1 saturated heterocycles. The van der Waals surface area contributed by atoms with Crippen LogP contribution in [0.3, 0.4) is 0 Å². The summed E-state index contributed by atoms with van der Waals surface area (Å²) in [7, 11) is 0. The van der Waals surface area contributed by atoms with Crippen LogP contribution in [0.25, 0.3) is 0 Å². The highest BCUT2D eigenvalue weighted by Crippen LogP contribution is 2.29. The van der Waals surface area contributed by atoms with Gasteiger partial charge in [-0.15, -0.1) is 0 Å². The third-order valence-electron chi connectivity index (χ3n) is 3.86. The molecule has 1 aromatic carbocycles. The van der Waals surface area contributed by atoms with E-state index in [1.807, 2.05) is 0 Å². The number of nitrogens with one attached hydrogen (secondary N) is 1. The zero-order chi connectivity index (χ0) is 14.0. The Hall–Kier alpha value is -1.75. The highest BCUT2D eigenvalue weighted by Gasteiger charge is 2.34. The quantitative estimate of drug-likeness (QED) is 0.934. The third kappa shape index (κ3) is 2.72. The zero-order valence-corrected chi connectivity index (χ0v) is 11.5. The fraction of sp³-hybridized carbons (Fsp3) is 0.467. The number of aromatic nitrogens is 2. The molecular formula is C15H18FN3O. The van der Waals surface area contributed by atoms with Gasteiger partial charge in [-0.3, -0.25) is 0 Å². The largest absolute Gasteiger partial charge is 0.339 e. The van der Waals surface area contributed by atoms with Crippen molar-refractivity contribution in [3.63, 3.8) is 0 Å². The zero-order valence-electron chi connectivity index (χ0n) is 11.5. The predicted molar refractivity (Wildman–Crippen MR) is 73.0 cm³/mol. The van der Waals surface area contributed by atoms with Crippen LogP contribution >= 0.6 is 0 Å². The van der Waals surface area contributed by atoms with Crippen LogP contribution in [0.5, 0.6) is 0 Å². The van der Waals surface area contributed by atoms with E-state index in [-0.39, 0.29) is 11.2 Å². The Morgan fingerprint density at radius 1 is 1.35 bits per heavy atom. The fourth-order valence-electron chi connectivity index (χ4n) is 2.59. The average molecular weight is 275 g/mol. The molecule has 0 spiro atoms. The molecule has 2 heterocycles. The number of benzene rings is 1. The number of rotatable bonds is 3. The second kappa shape index (κ2) is 5.32. The molecule has 0 aliphatic carbocycles. The minimum Gasteiger partial charge on any atom is -0.339 e. The minimum absolute atomic E-state index is 0.0771. The monoisotopic (exact) mass is 275 g/mol. The van der Waals surface area contributed by atoms with Gasteiger partial charge in [0.2, 0.25) is 5.89 Å². The number of halogens is 1. The standard InChI is InChI=1S/C15H18FN3O/c1-15(7-2-8-17-10-15)14-18-13(19-20-14)9-11-3-5-12(16)6-4-11/h3-6,17H,2,7-10H2,1H3. The van der Waals surface area contributed by atoms with E-state index in [0.717, 1.165) is 31.5 Å². The number of piperidine rings is 1. The van der Waals surface area contributed by atoms with Crippen molar-refractivity contribution in [2.24, 2.45) is 0 Å². The first-order chi connectivity index (χ1) is 9.66. The van der Waals surface area contributed by atoms with Crippen molar-refractivity contribution >= 4 is 0 Å². The Labute approximate surface area is 117 Å². The summed E-state index contributed by atoms with van der Waals surface area (Å²) in [6.45, 7) is 4.06. The number of hydrogen-bond donors (Lipinski definition) is 1. The first-order valence-corrected chi connectivity index (χ1v) is 6.94. The maximum Gasteiger partial charge on any atom is 0.233 e. The van der Waals surface area contributed by atoms with Gasteiger partial charge in [-0.25, -0.2) is 4.39 Å². The maximum atomic E-state index is 12.9. The highest BCUT2D eigenvalue weighted by atomic mass is 19.1. The van der Waals surface area contributed by atoms with Gasteiger partial charge in [-0.05, 0) is 44.0 Å². The van der Waals surface area contributed by atoms with Gasteiger partial charge in [-0.1, -0.05) is 17.3 Å². The molecule has 1 aliphatic rings.